The van der Waals surface area contributed by atoms with Gasteiger partial charge in [-0.25, -0.2) is 0 Å². The average molecular weight is 209 g/mol. The van der Waals surface area contributed by atoms with Gasteiger partial charge in [-0.1, -0.05) is 0 Å². The molecule has 0 amide bonds. The number of nitrogens with zero attached hydrogens (tertiary/aromatic N) is 3. The van der Waals surface area contributed by atoms with Crippen molar-refractivity contribution in [2.75, 3.05) is 19.7 Å². The molecule has 1 aliphatic heterocycles. The third-order valence-electron chi connectivity index (χ3n) is 3.11. The van der Waals surface area contributed by atoms with Gasteiger partial charge in [0.2, 0.25) is 0 Å². The topological polar surface area (TPSA) is 41.3 Å². The van der Waals surface area contributed by atoms with E-state index in [-0.39, 0.29) is 0 Å². The molecule has 84 valence electrons. The zero-order valence-electron chi connectivity index (χ0n) is 9.48. The highest BCUT2D eigenvalue weighted by Gasteiger charge is 2.22. The van der Waals surface area contributed by atoms with Gasteiger partial charge >= 0.3 is 0 Å². The van der Waals surface area contributed by atoms with Crippen LogP contribution in [-0.4, -0.2) is 39.5 Å². The largest absolute Gasteiger partial charge is 0.396 e. The van der Waals surface area contributed by atoms with Gasteiger partial charge in [0.15, 0.2) is 0 Å². The van der Waals surface area contributed by atoms with Crippen LogP contribution in [0, 0.1) is 12.8 Å². The number of aromatic nitrogens is 2. The maximum absolute atomic E-state index is 9.06. The van der Waals surface area contributed by atoms with E-state index in [1.807, 2.05) is 18.7 Å². The Morgan fingerprint density at radius 1 is 1.60 bits per heavy atom. The van der Waals surface area contributed by atoms with Crippen LogP contribution in [0.25, 0.3) is 0 Å². The van der Waals surface area contributed by atoms with Crippen molar-refractivity contribution in [2.24, 2.45) is 13.0 Å². The zero-order valence-corrected chi connectivity index (χ0v) is 9.48. The predicted molar refractivity (Wildman–Crippen MR) is 58.4 cm³/mol. The highest BCUT2D eigenvalue weighted by molar-refractivity contribution is 5.08. The molecule has 0 aliphatic carbocycles. The van der Waals surface area contributed by atoms with Gasteiger partial charge in [0.05, 0.1) is 11.4 Å². The highest BCUT2D eigenvalue weighted by Crippen LogP contribution is 2.18. The van der Waals surface area contributed by atoms with E-state index in [1.54, 1.807) is 0 Å². The summed E-state index contributed by atoms with van der Waals surface area (Å²) < 4.78 is 1.95. The van der Waals surface area contributed by atoms with E-state index in [4.69, 9.17) is 5.11 Å². The molecule has 1 aliphatic rings. The van der Waals surface area contributed by atoms with Gasteiger partial charge < -0.3 is 5.11 Å². The van der Waals surface area contributed by atoms with Crippen LogP contribution in [0.15, 0.2) is 6.07 Å². The zero-order chi connectivity index (χ0) is 10.8. The van der Waals surface area contributed by atoms with Crippen LogP contribution < -0.4 is 0 Å². The second-order valence-electron chi connectivity index (χ2n) is 4.47. The van der Waals surface area contributed by atoms with Crippen LogP contribution in [0.3, 0.4) is 0 Å². The number of rotatable bonds is 3. The fraction of sp³-hybridized carbons (Fsp3) is 0.727. The maximum Gasteiger partial charge on any atom is 0.0597 e. The lowest BCUT2D eigenvalue weighted by atomic mass is 10.1. The van der Waals surface area contributed by atoms with E-state index in [0.717, 1.165) is 31.7 Å². The van der Waals surface area contributed by atoms with Crippen molar-refractivity contribution in [1.29, 1.82) is 0 Å². The van der Waals surface area contributed by atoms with Crippen LogP contribution in [0.1, 0.15) is 17.8 Å². The molecule has 0 radical (unpaired) electrons. The van der Waals surface area contributed by atoms with Crippen molar-refractivity contribution in [1.82, 2.24) is 14.7 Å². The lowest BCUT2D eigenvalue weighted by molar-refractivity contribution is 0.219. The monoisotopic (exact) mass is 209 g/mol. The first kappa shape index (κ1) is 10.6. The van der Waals surface area contributed by atoms with Crippen LogP contribution in [0.5, 0.6) is 0 Å². The minimum Gasteiger partial charge on any atom is -0.396 e. The fourth-order valence-corrected chi connectivity index (χ4v) is 2.25. The van der Waals surface area contributed by atoms with E-state index in [1.165, 1.54) is 5.69 Å². The first-order valence-corrected chi connectivity index (χ1v) is 5.51. The van der Waals surface area contributed by atoms with Crippen LogP contribution in [0.2, 0.25) is 0 Å². The molecule has 1 aromatic heterocycles. The Kier molecular flexibility index (Phi) is 3.07. The second-order valence-corrected chi connectivity index (χ2v) is 4.47. The van der Waals surface area contributed by atoms with E-state index in [0.29, 0.717) is 12.5 Å². The molecule has 15 heavy (non-hydrogen) atoms. The molecule has 1 N–H and O–H groups in total. The van der Waals surface area contributed by atoms with Crippen molar-refractivity contribution >= 4 is 0 Å². The molecule has 1 aromatic rings. The molecule has 1 unspecified atom stereocenters. The summed E-state index contributed by atoms with van der Waals surface area (Å²) in [5, 5.41) is 13.4. The summed E-state index contributed by atoms with van der Waals surface area (Å²) in [4.78, 5) is 2.39. The minimum atomic E-state index is 0.320. The summed E-state index contributed by atoms with van der Waals surface area (Å²) in [6.07, 6.45) is 1.12. The van der Waals surface area contributed by atoms with Gasteiger partial charge in [-0.2, -0.15) is 5.10 Å². The first-order chi connectivity index (χ1) is 7.19. The molecule has 1 fully saturated rings. The van der Waals surface area contributed by atoms with E-state index in [9.17, 15) is 0 Å². The van der Waals surface area contributed by atoms with Gasteiger partial charge in [0, 0.05) is 26.7 Å². The number of hydrogen-bond donors (Lipinski definition) is 1. The molecule has 1 atom stereocenters. The number of aliphatic hydroxyl groups is 1. The summed E-state index contributed by atoms with van der Waals surface area (Å²) in [7, 11) is 1.99. The average Bonchev–Trinajstić information content (AvgIpc) is 2.75. The second kappa shape index (κ2) is 4.33. The van der Waals surface area contributed by atoms with E-state index in [2.05, 4.69) is 16.1 Å². The highest BCUT2D eigenvalue weighted by atomic mass is 16.3. The van der Waals surface area contributed by atoms with Gasteiger partial charge in [-0.05, 0) is 31.9 Å². The molecule has 0 spiro atoms. The van der Waals surface area contributed by atoms with Crippen LogP contribution in [0.4, 0.5) is 0 Å². The first-order valence-electron chi connectivity index (χ1n) is 5.51. The quantitative estimate of drug-likeness (QED) is 0.790. The summed E-state index contributed by atoms with van der Waals surface area (Å²) in [6.45, 7) is 5.40. The number of likely N-dealkylation sites (tertiary alicyclic amines) is 1. The molecule has 1 saturated heterocycles. The summed E-state index contributed by atoms with van der Waals surface area (Å²) in [5.74, 6) is 0.472. The smallest absolute Gasteiger partial charge is 0.0597 e. The molecule has 0 aromatic carbocycles. The van der Waals surface area contributed by atoms with E-state index < -0.39 is 0 Å². The van der Waals surface area contributed by atoms with E-state index >= 15 is 0 Å². The standard InChI is InChI=1S/C11H19N3O/c1-9-5-11(13(2)12-9)7-14-4-3-10(6-14)8-15/h5,10,15H,3-4,6-8H2,1-2H3. The lowest BCUT2D eigenvalue weighted by Crippen LogP contribution is -2.22. The predicted octanol–water partition coefficient (Wildman–Crippen LogP) is 0.543. The van der Waals surface area contributed by atoms with Crippen molar-refractivity contribution < 1.29 is 5.11 Å². The Morgan fingerprint density at radius 2 is 2.40 bits per heavy atom. The molecular weight excluding hydrogens is 190 g/mol. The summed E-state index contributed by atoms with van der Waals surface area (Å²) in [6, 6.07) is 2.13. The van der Waals surface area contributed by atoms with Gasteiger partial charge in [-0.3, -0.25) is 9.58 Å². The Hall–Kier alpha value is -0.870. The molecule has 2 heterocycles. The van der Waals surface area contributed by atoms with Gasteiger partial charge in [0.1, 0.15) is 0 Å². The number of hydrogen-bond acceptors (Lipinski definition) is 3. The lowest BCUT2D eigenvalue weighted by Gasteiger charge is -2.15. The number of aliphatic hydroxyl groups excluding tert-OH is 1. The third-order valence-corrected chi connectivity index (χ3v) is 3.11. The van der Waals surface area contributed by atoms with Gasteiger partial charge in [-0.15, -0.1) is 0 Å². The molecule has 0 bridgehead atoms. The van der Waals surface area contributed by atoms with Crippen LogP contribution in [-0.2, 0) is 13.6 Å². The summed E-state index contributed by atoms with van der Waals surface area (Å²) in [5.41, 5.74) is 2.33. The maximum atomic E-state index is 9.06. The van der Waals surface area contributed by atoms with Crippen molar-refractivity contribution in [3.8, 4) is 0 Å². The Morgan fingerprint density at radius 3 is 2.93 bits per heavy atom. The minimum absolute atomic E-state index is 0.320. The van der Waals surface area contributed by atoms with Crippen LogP contribution >= 0.6 is 0 Å². The van der Waals surface area contributed by atoms with Crippen molar-refractivity contribution in [2.45, 2.75) is 19.9 Å². The Labute approximate surface area is 90.5 Å². The Balaban J connectivity index is 1.95. The van der Waals surface area contributed by atoms with Crippen molar-refractivity contribution in [3.63, 3.8) is 0 Å². The molecule has 4 heteroatoms. The third kappa shape index (κ3) is 2.38. The molecule has 2 rings (SSSR count). The van der Waals surface area contributed by atoms with Crippen molar-refractivity contribution in [3.05, 3.63) is 17.5 Å². The van der Waals surface area contributed by atoms with Gasteiger partial charge in [0.25, 0.3) is 0 Å². The summed E-state index contributed by atoms with van der Waals surface area (Å²) >= 11 is 0. The fourth-order valence-electron chi connectivity index (χ4n) is 2.25. The number of aryl methyl sites for hydroxylation is 2. The molecule has 0 saturated carbocycles. The normalized spacial score (nSPS) is 22.5. The SMILES string of the molecule is Cc1cc(CN2CCC(CO)C2)n(C)n1. The molecular formula is C11H19N3O. The molecule has 4 nitrogen and oxygen atoms in total. The Bertz CT molecular complexity index is 335.